The molecule has 1 aliphatic rings. The summed E-state index contributed by atoms with van der Waals surface area (Å²) in [5, 5.41) is 11.5. The molecular formula is C14H27N3O4. The molecule has 0 aromatic carbocycles. The molecule has 7 heteroatoms. The first-order valence-corrected chi connectivity index (χ1v) is 7.26. The molecule has 0 atom stereocenters. The smallest absolute Gasteiger partial charge is 0.329 e. The Morgan fingerprint density at radius 3 is 2.38 bits per heavy atom. The molecule has 1 fully saturated rings. The van der Waals surface area contributed by atoms with Crippen molar-refractivity contribution in [1.82, 2.24) is 15.1 Å². The number of aliphatic carboxylic acids is 1. The largest absolute Gasteiger partial charge is 0.480 e. The third kappa shape index (κ3) is 5.89. The van der Waals surface area contributed by atoms with Gasteiger partial charge in [0.15, 0.2) is 0 Å². The van der Waals surface area contributed by atoms with Gasteiger partial charge in [-0.25, -0.2) is 9.59 Å². The van der Waals surface area contributed by atoms with E-state index in [4.69, 9.17) is 9.84 Å². The average molecular weight is 301 g/mol. The highest BCUT2D eigenvalue weighted by atomic mass is 16.5. The fraction of sp³-hybridized carbons (Fsp3) is 0.857. The molecule has 0 aromatic rings. The normalized spacial score (nSPS) is 17.1. The monoisotopic (exact) mass is 301 g/mol. The lowest BCUT2D eigenvalue weighted by Gasteiger charge is -2.35. The summed E-state index contributed by atoms with van der Waals surface area (Å²) in [6, 6.07) is -0.0680. The zero-order valence-electron chi connectivity index (χ0n) is 13.4. The van der Waals surface area contributed by atoms with Gasteiger partial charge in [0.05, 0.1) is 6.10 Å². The summed E-state index contributed by atoms with van der Waals surface area (Å²) in [5.41, 5.74) is -0.0986. The summed E-state index contributed by atoms with van der Waals surface area (Å²) >= 11 is 0. The number of piperidine rings is 1. The third-order valence-electron chi connectivity index (χ3n) is 4.05. The Morgan fingerprint density at radius 1 is 1.33 bits per heavy atom. The second-order valence-electron chi connectivity index (χ2n) is 6.26. The molecule has 1 saturated heterocycles. The van der Waals surface area contributed by atoms with Crippen LogP contribution in [-0.4, -0.2) is 78.9 Å². The Bertz CT molecular complexity index is 363. The first kappa shape index (κ1) is 17.7. The van der Waals surface area contributed by atoms with E-state index in [1.54, 1.807) is 4.90 Å². The van der Waals surface area contributed by atoms with Gasteiger partial charge in [-0.05, 0) is 40.8 Å². The summed E-state index contributed by atoms with van der Waals surface area (Å²) in [5.74, 6) is -0.957. The van der Waals surface area contributed by atoms with Crippen LogP contribution >= 0.6 is 0 Å². The SMILES string of the molecule is CN(C)C(C)(C)CNC(=O)N1CCC(OCC(=O)O)CC1. The van der Waals surface area contributed by atoms with Gasteiger partial charge in [0.25, 0.3) is 0 Å². The topological polar surface area (TPSA) is 82.1 Å². The number of amides is 2. The predicted octanol–water partition coefficient (Wildman–Crippen LogP) is 0.602. The van der Waals surface area contributed by atoms with E-state index in [1.165, 1.54) is 0 Å². The average Bonchev–Trinajstić information content (AvgIpc) is 2.43. The second-order valence-corrected chi connectivity index (χ2v) is 6.26. The number of carbonyl (C=O) groups excluding carboxylic acids is 1. The van der Waals surface area contributed by atoms with Crippen LogP contribution in [0, 0.1) is 0 Å². The van der Waals surface area contributed by atoms with Crippen LogP contribution in [0.25, 0.3) is 0 Å². The van der Waals surface area contributed by atoms with E-state index in [0.29, 0.717) is 32.5 Å². The highest BCUT2D eigenvalue weighted by Gasteiger charge is 2.26. The fourth-order valence-corrected chi connectivity index (χ4v) is 1.98. The number of hydrogen-bond donors (Lipinski definition) is 2. The van der Waals surface area contributed by atoms with E-state index in [0.717, 1.165) is 0 Å². The number of nitrogens with one attached hydrogen (secondary N) is 1. The van der Waals surface area contributed by atoms with Gasteiger partial charge < -0.3 is 25.0 Å². The number of nitrogens with zero attached hydrogens (tertiary/aromatic N) is 2. The number of hydrogen-bond acceptors (Lipinski definition) is 4. The molecule has 0 aromatic heterocycles. The van der Waals surface area contributed by atoms with Gasteiger partial charge in [-0.15, -0.1) is 0 Å². The molecule has 21 heavy (non-hydrogen) atoms. The van der Waals surface area contributed by atoms with Crippen molar-refractivity contribution in [1.29, 1.82) is 0 Å². The first-order valence-electron chi connectivity index (χ1n) is 7.26. The summed E-state index contributed by atoms with van der Waals surface area (Å²) in [6.45, 7) is 5.64. The van der Waals surface area contributed by atoms with Crippen molar-refractivity contribution >= 4 is 12.0 Å². The van der Waals surface area contributed by atoms with Gasteiger partial charge in [-0.3, -0.25) is 0 Å². The van der Waals surface area contributed by atoms with E-state index in [1.807, 2.05) is 14.1 Å². The van der Waals surface area contributed by atoms with Crippen molar-refractivity contribution in [3.8, 4) is 0 Å². The molecule has 0 unspecified atom stereocenters. The van der Waals surface area contributed by atoms with E-state index < -0.39 is 5.97 Å². The number of rotatable bonds is 6. The van der Waals surface area contributed by atoms with E-state index in [2.05, 4.69) is 24.1 Å². The summed E-state index contributed by atoms with van der Waals surface area (Å²) in [4.78, 5) is 26.4. The summed E-state index contributed by atoms with van der Waals surface area (Å²) in [7, 11) is 3.97. The molecule has 0 radical (unpaired) electrons. The van der Waals surface area contributed by atoms with Gasteiger partial charge in [0, 0.05) is 25.2 Å². The number of carboxylic acids is 1. The van der Waals surface area contributed by atoms with Crippen LogP contribution < -0.4 is 5.32 Å². The minimum atomic E-state index is -0.957. The van der Waals surface area contributed by atoms with E-state index in [-0.39, 0.29) is 24.3 Å². The number of likely N-dealkylation sites (N-methyl/N-ethyl adjacent to an activating group) is 1. The molecule has 122 valence electrons. The molecule has 1 rings (SSSR count). The highest BCUT2D eigenvalue weighted by molar-refractivity contribution is 5.74. The van der Waals surface area contributed by atoms with Crippen molar-refractivity contribution in [2.24, 2.45) is 0 Å². The third-order valence-corrected chi connectivity index (χ3v) is 4.05. The Labute approximate surface area is 126 Å². The minimum absolute atomic E-state index is 0.0663. The Hall–Kier alpha value is -1.34. The van der Waals surface area contributed by atoms with Gasteiger partial charge in [0.2, 0.25) is 0 Å². The Kier molecular flexibility index (Phi) is 6.42. The lowest BCUT2D eigenvalue weighted by molar-refractivity contribution is -0.145. The van der Waals surface area contributed by atoms with Crippen molar-refractivity contribution < 1.29 is 19.4 Å². The maximum Gasteiger partial charge on any atom is 0.329 e. The number of carbonyl (C=O) groups is 2. The van der Waals surface area contributed by atoms with Crippen molar-refractivity contribution in [2.75, 3.05) is 40.3 Å². The predicted molar refractivity (Wildman–Crippen MR) is 79.3 cm³/mol. The molecular weight excluding hydrogens is 274 g/mol. The lowest BCUT2D eigenvalue weighted by Crippen LogP contribution is -2.52. The molecule has 2 amide bonds. The zero-order chi connectivity index (χ0) is 16.0. The van der Waals surface area contributed by atoms with Gasteiger partial charge in [0.1, 0.15) is 6.61 Å². The molecule has 1 heterocycles. The van der Waals surface area contributed by atoms with Crippen LogP contribution in [0.1, 0.15) is 26.7 Å². The maximum atomic E-state index is 12.1. The van der Waals surface area contributed by atoms with Crippen LogP contribution in [0.15, 0.2) is 0 Å². The lowest BCUT2D eigenvalue weighted by atomic mass is 10.0. The molecule has 2 N–H and O–H groups in total. The van der Waals surface area contributed by atoms with E-state index >= 15 is 0 Å². The van der Waals surface area contributed by atoms with Crippen LogP contribution in [0.2, 0.25) is 0 Å². The second kappa shape index (κ2) is 7.61. The van der Waals surface area contributed by atoms with Crippen molar-refractivity contribution in [3.05, 3.63) is 0 Å². The Morgan fingerprint density at radius 2 is 1.90 bits per heavy atom. The van der Waals surface area contributed by atoms with Gasteiger partial charge in [-0.1, -0.05) is 0 Å². The molecule has 0 aliphatic carbocycles. The number of carboxylic acid groups (broad SMARTS) is 1. The number of ether oxygens (including phenoxy) is 1. The quantitative estimate of drug-likeness (QED) is 0.751. The minimum Gasteiger partial charge on any atom is -0.480 e. The van der Waals surface area contributed by atoms with Crippen LogP contribution in [0.5, 0.6) is 0 Å². The molecule has 0 saturated carbocycles. The molecule has 0 bridgehead atoms. The maximum absolute atomic E-state index is 12.1. The number of likely N-dealkylation sites (tertiary alicyclic amines) is 1. The first-order chi connectivity index (χ1) is 9.72. The Balaban J connectivity index is 2.30. The fourth-order valence-electron chi connectivity index (χ4n) is 1.98. The zero-order valence-corrected chi connectivity index (χ0v) is 13.4. The summed E-state index contributed by atoms with van der Waals surface area (Å²) in [6.07, 6.45) is 1.29. The molecule has 0 spiro atoms. The van der Waals surface area contributed by atoms with Crippen LogP contribution in [-0.2, 0) is 9.53 Å². The standard InChI is InChI=1S/C14H27N3O4/c1-14(2,16(3)4)10-15-13(20)17-7-5-11(6-8-17)21-9-12(18)19/h11H,5-10H2,1-4H3,(H,15,20)(H,18,19). The molecule has 1 aliphatic heterocycles. The summed E-state index contributed by atoms with van der Waals surface area (Å²) < 4.78 is 5.25. The van der Waals surface area contributed by atoms with Crippen LogP contribution in [0.4, 0.5) is 4.79 Å². The van der Waals surface area contributed by atoms with Gasteiger partial charge in [-0.2, -0.15) is 0 Å². The number of urea groups is 1. The van der Waals surface area contributed by atoms with Crippen molar-refractivity contribution in [2.45, 2.75) is 38.3 Å². The van der Waals surface area contributed by atoms with Crippen molar-refractivity contribution in [3.63, 3.8) is 0 Å². The van der Waals surface area contributed by atoms with E-state index in [9.17, 15) is 9.59 Å². The highest BCUT2D eigenvalue weighted by Crippen LogP contribution is 2.14. The molecule has 7 nitrogen and oxygen atoms in total. The van der Waals surface area contributed by atoms with Gasteiger partial charge >= 0.3 is 12.0 Å². The van der Waals surface area contributed by atoms with Crippen LogP contribution in [0.3, 0.4) is 0 Å².